The highest BCUT2D eigenvalue weighted by molar-refractivity contribution is 6.00. The average Bonchev–Trinajstić information content (AvgIpc) is 2.77. The van der Waals surface area contributed by atoms with E-state index in [0.717, 1.165) is 5.69 Å². The van der Waals surface area contributed by atoms with Gasteiger partial charge in [0.05, 0.1) is 24.8 Å². The molecule has 0 aliphatic heterocycles. The van der Waals surface area contributed by atoms with Gasteiger partial charge < -0.3 is 14.0 Å². The maximum Gasteiger partial charge on any atom is 0.340 e. The van der Waals surface area contributed by atoms with E-state index in [2.05, 4.69) is 0 Å². The number of carbonyl (C=O) groups excluding carboxylic acids is 2. The zero-order valence-corrected chi connectivity index (χ0v) is 13.2. The lowest BCUT2D eigenvalue weighted by atomic mass is 10.1. The largest absolute Gasteiger partial charge is 0.497 e. The van der Waals surface area contributed by atoms with Gasteiger partial charge in [0.2, 0.25) is 0 Å². The summed E-state index contributed by atoms with van der Waals surface area (Å²) in [5, 5.41) is 0. The Morgan fingerprint density at radius 3 is 2.59 bits per heavy atom. The molecule has 5 heteroatoms. The molecule has 0 fully saturated rings. The van der Waals surface area contributed by atoms with Crippen LogP contribution in [0.15, 0.2) is 24.3 Å². The Bertz CT molecular complexity index is 716. The van der Waals surface area contributed by atoms with Crippen molar-refractivity contribution in [2.75, 3.05) is 13.7 Å². The molecule has 116 valence electrons. The standard InChI is InChI=1S/C17H19NO4/c1-5-22-17(20)16-12(3)18(11(2)15(16)10-19)13-7-6-8-14(9-13)21-4/h6-10H,5H2,1-4H3. The van der Waals surface area contributed by atoms with Crippen molar-refractivity contribution in [2.45, 2.75) is 20.8 Å². The fourth-order valence-electron chi connectivity index (χ4n) is 2.60. The number of rotatable bonds is 5. The number of nitrogens with zero attached hydrogens (tertiary/aromatic N) is 1. The van der Waals surface area contributed by atoms with Gasteiger partial charge in [-0.05, 0) is 32.9 Å². The maximum absolute atomic E-state index is 12.1. The predicted molar refractivity (Wildman–Crippen MR) is 83.1 cm³/mol. The van der Waals surface area contributed by atoms with E-state index in [1.54, 1.807) is 27.9 Å². The van der Waals surface area contributed by atoms with E-state index in [1.165, 1.54) is 0 Å². The SMILES string of the molecule is CCOC(=O)c1c(C=O)c(C)n(-c2cccc(OC)c2)c1C. The van der Waals surface area contributed by atoms with Crippen LogP contribution in [0.5, 0.6) is 5.75 Å². The molecule has 1 heterocycles. The summed E-state index contributed by atoms with van der Waals surface area (Å²) in [6.45, 7) is 5.60. The number of hydrogen-bond acceptors (Lipinski definition) is 4. The third-order valence-corrected chi connectivity index (χ3v) is 3.60. The van der Waals surface area contributed by atoms with E-state index in [4.69, 9.17) is 9.47 Å². The third-order valence-electron chi connectivity index (χ3n) is 3.60. The van der Waals surface area contributed by atoms with Gasteiger partial charge in [0.1, 0.15) is 5.75 Å². The van der Waals surface area contributed by atoms with Gasteiger partial charge in [-0.1, -0.05) is 6.07 Å². The Labute approximate surface area is 129 Å². The number of aldehydes is 1. The molecule has 5 nitrogen and oxygen atoms in total. The van der Waals surface area contributed by atoms with Crippen LogP contribution < -0.4 is 4.74 Å². The van der Waals surface area contributed by atoms with Gasteiger partial charge in [-0.2, -0.15) is 0 Å². The predicted octanol–water partition coefficient (Wildman–Crippen LogP) is 3.09. The molecule has 2 rings (SSSR count). The molecule has 22 heavy (non-hydrogen) atoms. The Hall–Kier alpha value is -2.56. The first-order valence-corrected chi connectivity index (χ1v) is 7.03. The number of ether oxygens (including phenoxy) is 2. The molecule has 0 N–H and O–H groups in total. The highest BCUT2D eigenvalue weighted by atomic mass is 16.5. The van der Waals surface area contributed by atoms with Crippen LogP contribution in [0.4, 0.5) is 0 Å². The van der Waals surface area contributed by atoms with Crippen molar-refractivity contribution in [3.05, 3.63) is 46.8 Å². The first-order valence-electron chi connectivity index (χ1n) is 7.03. The van der Waals surface area contributed by atoms with Crippen molar-refractivity contribution >= 4 is 12.3 Å². The summed E-state index contributed by atoms with van der Waals surface area (Å²) >= 11 is 0. The second-order valence-corrected chi connectivity index (χ2v) is 4.83. The normalized spacial score (nSPS) is 10.4. The van der Waals surface area contributed by atoms with Crippen molar-refractivity contribution in [1.82, 2.24) is 4.57 Å². The van der Waals surface area contributed by atoms with Crippen molar-refractivity contribution in [3.8, 4) is 11.4 Å². The highest BCUT2D eigenvalue weighted by Gasteiger charge is 2.24. The molecule has 2 aromatic rings. The van der Waals surface area contributed by atoms with Crippen molar-refractivity contribution in [2.24, 2.45) is 0 Å². The number of esters is 1. The van der Waals surface area contributed by atoms with Gasteiger partial charge in [0, 0.05) is 23.1 Å². The van der Waals surface area contributed by atoms with Crippen LogP contribution in [0.1, 0.15) is 39.0 Å². The first-order chi connectivity index (χ1) is 10.5. The van der Waals surface area contributed by atoms with Crippen LogP contribution >= 0.6 is 0 Å². The van der Waals surface area contributed by atoms with Crippen LogP contribution in [0.3, 0.4) is 0 Å². The van der Waals surface area contributed by atoms with Gasteiger partial charge in [0.15, 0.2) is 6.29 Å². The fraction of sp³-hybridized carbons (Fsp3) is 0.294. The summed E-state index contributed by atoms with van der Waals surface area (Å²) in [6.07, 6.45) is 0.700. The zero-order chi connectivity index (χ0) is 16.3. The number of aromatic nitrogens is 1. The van der Waals surface area contributed by atoms with E-state index in [-0.39, 0.29) is 6.61 Å². The van der Waals surface area contributed by atoms with Gasteiger partial charge in [0.25, 0.3) is 0 Å². The summed E-state index contributed by atoms with van der Waals surface area (Å²) in [6, 6.07) is 7.44. The molecule has 0 saturated carbocycles. The molecular formula is C17H19NO4. The van der Waals surface area contributed by atoms with E-state index in [0.29, 0.717) is 34.6 Å². The molecule has 0 saturated heterocycles. The molecule has 0 amide bonds. The van der Waals surface area contributed by atoms with E-state index < -0.39 is 5.97 Å². The number of carbonyl (C=O) groups is 2. The molecule has 0 spiro atoms. The lowest BCUT2D eigenvalue weighted by Crippen LogP contribution is -2.08. The Kier molecular flexibility index (Phi) is 4.65. The second kappa shape index (κ2) is 6.47. The molecule has 1 aromatic heterocycles. The van der Waals surface area contributed by atoms with E-state index in [9.17, 15) is 9.59 Å². The summed E-state index contributed by atoms with van der Waals surface area (Å²) in [4.78, 5) is 23.6. The van der Waals surface area contributed by atoms with Crippen LogP contribution in [0.25, 0.3) is 5.69 Å². The number of methoxy groups -OCH3 is 1. The number of hydrogen-bond donors (Lipinski definition) is 0. The quantitative estimate of drug-likeness (QED) is 0.629. The minimum absolute atomic E-state index is 0.264. The smallest absolute Gasteiger partial charge is 0.340 e. The Morgan fingerprint density at radius 2 is 2.00 bits per heavy atom. The summed E-state index contributed by atoms with van der Waals surface area (Å²) in [5.74, 6) is 0.224. The van der Waals surface area contributed by atoms with Crippen LogP contribution in [0, 0.1) is 13.8 Å². The van der Waals surface area contributed by atoms with E-state index in [1.807, 2.05) is 28.8 Å². The molecule has 0 aliphatic carbocycles. The molecule has 0 unspecified atom stereocenters. The summed E-state index contributed by atoms with van der Waals surface area (Å²) in [5.41, 5.74) is 2.87. The average molecular weight is 301 g/mol. The van der Waals surface area contributed by atoms with Crippen LogP contribution in [0.2, 0.25) is 0 Å². The molecule has 0 radical (unpaired) electrons. The van der Waals surface area contributed by atoms with Crippen molar-refractivity contribution in [3.63, 3.8) is 0 Å². The Morgan fingerprint density at radius 1 is 1.27 bits per heavy atom. The number of benzene rings is 1. The maximum atomic E-state index is 12.1. The minimum Gasteiger partial charge on any atom is -0.497 e. The minimum atomic E-state index is -0.480. The first kappa shape index (κ1) is 15.8. The summed E-state index contributed by atoms with van der Waals surface area (Å²) in [7, 11) is 1.59. The topological polar surface area (TPSA) is 57.5 Å². The van der Waals surface area contributed by atoms with Gasteiger partial charge in [-0.25, -0.2) is 4.79 Å². The summed E-state index contributed by atoms with van der Waals surface area (Å²) < 4.78 is 12.2. The van der Waals surface area contributed by atoms with Gasteiger partial charge in [-0.3, -0.25) is 4.79 Å². The molecule has 0 aliphatic rings. The lowest BCUT2D eigenvalue weighted by molar-refractivity contribution is 0.0523. The molecule has 0 bridgehead atoms. The molecule has 1 aromatic carbocycles. The van der Waals surface area contributed by atoms with Crippen LogP contribution in [-0.4, -0.2) is 30.5 Å². The monoisotopic (exact) mass is 301 g/mol. The fourth-order valence-corrected chi connectivity index (χ4v) is 2.60. The van der Waals surface area contributed by atoms with Crippen LogP contribution in [-0.2, 0) is 4.74 Å². The highest BCUT2D eigenvalue weighted by Crippen LogP contribution is 2.27. The van der Waals surface area contributed by atoms with Crippen molar-refractivity contribution in [1.29, 1.82) is 0 Å². The third kappa shape index (κ3) is 2.62. The zero-order valence-electron chi connectivity index (χ0n) is 13.2. The van der Waals surface area contributed by atoms with Gasteiger partial charge >= 0.3 is 5.97 Å². The van der Waals surface area contributed by atoms with Crippen molar-refractivity contribution < 1.29 is 19.1 Å². The molecule has 0 atom stereocenters. The second-order valence-electron chi connectivity index (χ2n) is 4.83. The molecular weight excluding hydrogens is 282 g/mol. The van der Waals surface area contributed by atoms with E-state index >= 15 is 0 Å². The lowest BCUT2D eigenvalue weighted by Gasteiger charge is -2.11. The Balaban J connectivity index is 2.67. The van der Waals surface area contributed by atoms with Gasteiger partial charge in [-0.15, -0.1) is 0 Å².